The van der Waals surface area contributed by atoms with Crippen molar-refractivity contribution in [1.29, 1.82) is 0 Å². The highest BCUT2D eigenvalue weighted by atomic mass is 16.4. The van der Waals surface area contributed by atoms with Crippen LogP contribution in [0.3, 0.4) is 0 Å². The van der Waals surface area contributed by atoms with Crippen LogP contribution in [0.15, 0.2) is 12.2 Å². The topological polar surface area (TPSA) is 74.6 Å². The van der Waals surface area contributed by atoms with Gasteiger partial charge in [0.05, 0.1) is 0 Å². The van der Waals surface area contributed by atoms with E-state index in [-0.39, 0.29) is 24.7 Å². The summed E-state index contributed by atoms with van der Waals surface area (Å²) >= 11 is 0. The van der Waals surface area contributed by atoms with E-state index in [2.05, 4.69) is 0 Å². The molecule has 0 radical (unpaired) electrons. The van der Waals surface area contributed by atoms with Crippen LogP contribution < -0.4 is 0 Å². The quantitative estimate of drug-likeness (QED) is 0.535. The molecule has 82 valence electrons. The van der Waals surface area contributed by atoms with Crippen LogP contribution in [0.5, 0.6) is 0 Å². The lowest BCUT2D eigenvalue weighted by Crippen LogP contribution is -2.37. The molecule has 2 atom stereocenters. The van der Waals surface area contributed by atoms with Gasteiger partial charge in [-0.05, 0) is 37.5 Å². The average Bonchev–Trinajstić information content (AvgIpc) is 2.57. The molecule has 0 saturated heterocycles. The van der Waals surface area contributed by atoms with E-state index in [1.807, 2.05) is 12.2 Å². The first-order chi connectivity index (χ1) is 7.06. The molecule has 4 heteroatoms. The zero-order valence-corrected chi connectivity index (χ0v) is 8.35. The summed E-state index contributed by atoms with van der Waals surface area (Å²) in [6.45, 7) is 0. The second kappa shape index (κ2) is 3.36. The number of fused-ring (bicyclic) bond motifs is 1. The number of carboxylic acids is 2. The Kier molecular flexibility index (Phi) is 2.29. The molecule has 2 N–H and O–H groups in total. The predicted octanol–water partition coefficient (Wildman–Crippen LogP) is 1.52. The first-order valence-electron chi connectivity index (χ1n) is 5.18. The Hall–Kier alpha value is -1.32. The van der Waals surface area contributed by atoms with Crippen LogP contribution in [0.1, 0.15) is 25.7 Å². The molecule has 0 aromatic carbocycles. The molecule has 0 bridgehead atoms. The van der Waals surface area contributed by atoms with E-state index in [1.54, 1.807) is 0 Å². The van der Waals surface area contributed by atoms with Crippen molar-refractivity contribution in [3.05, 3.63) is 12.2 Å². The maximum absolute atomic E-state index is 11.1. The Bertz CT molecular complexity index is 299. The minimum Gasteiger partial charge on any atom is -0.480 e. The van der Waals surface area contributed by atoms with Crippen molar-refractivity contribution >= 4 is 11.9 Å². The third kappa shape index (κ3) is 1.44. The van der Waals surface area contributed by atoms with Gasteiger partial charge in [-0.15, -0.1) is 0 Å². The molecular weight excluding hydrogens is 196 g/mol. The Morgan fingerprint density at radius 1 is 1.00 bits per heavy atom. The first kappa shape index (κ1) is 10.2. The number of rotatable bonds is 2. The number of hydrogen-bond donors (Lipinski definition) is 2. The summed E-state index contributed by atoms with van der Waals surface area (Å²) < 4.78 is 0. The van der Waals surface area contributed by atoms with E-state index in [0.717, 1.165) is 12.8 Å². The van der Waals surface area contributed by atoms with Gasteiger partial charge in [0.1, 0.15) is 0 Å². The summed E-state index contributed by atoms with van der Waals surface area (Å²) in [7, 11) is 0. The Morgan fingerprint density at radius 3 is 1.73 bits per heavy atom. The first-order valence-corrected chi connectivity index (χ1v) is 5.18. The van der Waals surface area contributed by atoms with Crippen molar-refractivity contribution in [2.45, 2.75) is 25.7 Å². The standard InChI is InChI=1S/C11H14O4/c12-9(13)11(10(14)15)5-7-3-1-2-4-8(7)6-11/h1-2,7-8H,3-6H2,(H,12,13)(H,14,15)/t7-,8-/m0/s1. The van der Waals surface area contributed by atoms with Crippen molar-refractivity contribution < 1.29 is 19.8 Å². The summed E-state index contributed by atoms with van der Waals surface area (Å²) in [4.78, 5) is 22.2. The van der Waals surface area contributed by atoms with E-state index < -0.39 is 17.4 Å². The molecule has 2 aliphatic carbocycles. The average molecular weight is 210 g/mol. The second-order valence-electron chi connectivity index (χ2n) is 4.56. The molecule has 0 aromatic heterocycles. The Morgan fingerprint density at radius 2 is 1.40 bits per heavy atom. The zero-order chi connectivity index (χ0) is 11.1. The lowest BCUT2D eigenvalue weighted by molar-refractivity contribution is -0.164. The van der Waals surface area contributed by atoms with E-state index in [0.29, 0.717) is 0 Å². The van der Waals surface area contributed by atoms with Crippen LogP contribution in [0, 0.1) is 17.3 Å². The van der Waals surface area contributed by atoms with Gasteiger partial charge >= 0.3 is 11.9 Å². The van der Waals surface area contributed by atoms with Crippen molar-refractivity contribution in [2.75, 3.05) is 0 Å². The van der Waals surface area contributed by atoms with Crippen molar-refractivity contribution in [3.8, 4) is 0 Å². The fourth-order valence-electron chi connectivity index (χ4n) is 2.85. The molecule has 0 amide bonds. The molecule has 0 heterocycles. The van der Waals surface area contributed by atoms with Crippen LogP contribution in [0.4, 0.5) is 0 Å². The molecule has 1 saturated carbocycles. The van der Waals surface area contributed by atoms with Crippen molar-refractivity contribution in [2.24, 2.45) is 17.3 Å². The molecule has 2 aliphatic rings. The lowest BCUT2D eigenvalue weighted by atomic mass is 9.85. The van der Waals surface area contributed by atoms with E-state index >= 15 is 0 Å². The maximum Gasteiger partial charge on any atom is 0.321 e. The smallest absolute Gasteiger partial charge is 0.321 e. The van der Waals surface area contributed by atoms with Gasteiger partial charge in [0.15, 0.2) is 5.41 Å². The lowest BCUT2D eigenvalue weighted by Gasteiger charge is -2.19. The number of aliphatic carboxylic acids is 2. The third-order valence-corrected chi connectivity index (χ3v) is 3.75. The molecule has 15 heavy (non-hydrogen) atoms. The highest BCUT2D eigenvalue weighted by Crippen LogP contribution is 2.50. The number of carboxylic acid groups (broad SMARTS) is 2. The predicted molar refractivity (Wildman–Crippen MR) is 52.3 cm³/mol. The number of hydrogen-bond acceptors (Lipinski definition) is 2. The van der Waals surface area contributed by atoms with Crippen molar-refractivity contribution in [3.63, 3.8) is 0 Å². The summed E-state index contributed by atoms with van der Waals surface area (Å²) in [6.07, 6.45) is 6.28. The van der Waals surface area contributed by atoms with Crippen LogP contribution in [-0.4, -0.2) is 22.2 Å². The van der Waals surface area contributed by atoms with Gasteiger partial charge in [0, 0.05) is 0 Å². The highest BCUT2D eigenvalue weighted by Gasteiger charge is 2.55. The Labute approximate surface area is 87.6 Å². The summed E-state index contributed by atoms with van der Waals surface area (Å²) in [6, 6.07) is 0. The monoisotopic (exact) mass is 210 g/mol. The largest absolute Gasteiger partial charge is 0.480 e. The molecule has 0 unspecified atom stereocenters. The van der Waals surface area contributed by atoms with Crippen LogP contribution in [0.2, 0.25) is 0 Å². The molecule has 4 nitrogen and oxygen atoms in total. The molecular formula is C11H14O4. The van der Waals surface area contributed by atoms with Gasteiger partial charge in [-0.1, -0.05) is 12.2 Å². The minimum atomic E-state index is -1.53. The third-order valence-electron chi connectivity index (χ3n) is 3.75. The van der Waals surface area contributed by atoms with Crippen molar-refractivity contribution in [1.82, 2.24) is 0 Å². The van der Waals surface area contributed by atoms with Gasteiger partial charge < -0.3 is 10.2 Å². The summed E-state index contributed by atoms with van der Waals surface area (Å²) in [5.41, 5.74) is -1.53. The van der Waals surface area contributed by atoms with Gasteiger partial charge in [0.2, 0.25) is 0 Å². The van der Waals surface area contributed by atoms with Crippen LogP contribution >= 0.6 is 0 Å². The fourth-order valence-corrected chi connectivity index (χ4v) is 2.85. The molecule has 0 spiro atoms. The van der Waals surface area contributed by atoms with E-state index in [9.17, 15) is 9.59 Å². The Balaban J connectivity index is 2.25. The van der Waals surface area contributed by atoms with Crippen LogP contribution in [0.25, 0.3) is 0 Å². The normalized spacial score (nSPS) is 32.3. The van der Waals surface area contributed by atoms with Gasteiger partial charge in [-0.3, -0.25) is 9.59 Å². The molecule has 0 aliphatic heterocycles. The van der Waals surface area contributed by atoms with Crippen LogP contribution in [-0.2, 0) is 9.59 Å². The number of carbonyl (C=O) groups is 2. The number of allylic oxidation sites excluding steroid dienone is 2. The minimum absolute atomic E-state index is 0.238. The summed E-state index contributed by atoms with van der Waals surface area (Å²) in [5.74, 6) is -1.88. The van der Waals surface area contributed by atoms with Gasteiger partial charge in [-0.25, -0.2) is 0 Å². The van der Waals surface area contributed by atoms with Gasteiger partial charge in [0.25, 0.3) is 0 Å². The molecule has 1 fully saturated rings. The highest BCUT2D eigenvalue weighted by molar-refractivity contribution is 5.98. The van der Waals surface area contributed by atoms with E-state index in [1.165, 1.54) is 0 Å². The van der Waals surface area contributed by atoms with E-state index in [4.69, 9.17) is 10.2 Å². The molecule has 2 rings (SSSR count). The second-order valence-corrected chi connectivity index (χ2v) is 4.56. The SMILES string of the molecule is O=C(O)C1(C(=O)O)C[C@@H]2CC=CC[C@H]2C1. The fraction of sp³-hybridized carbons (Fsp3) is 0.636. The zero-order valence-electron chi connectivity index (χ0n) is 8.35. The molecule has 0 aromatic rings. The van der Waals surface area contributed by atoms with Gasteiger partial charge in [-0.2, -0.15) is 0 Å². The summed E-state index contributed by atoms with van der Waals surface area (Å²) in [5, 5.41) is 18.2. The maximum atomic E-state index is 11.1.